The number of unbranched alkanes of at least 4 members (excludes halogenated alkanes) is 3. The van der Waals surface area contributed by atoms with Crippen molar-refractivity contribution in [3.63, 3.8) is 0 Å². The summed E-state index contributed by atoms with van der Waals surface area (Å²) in [6, 6.07) is 33.9. The Labute approximate surface area is 515 Å². The first-order chi connectivity index (χ1) is 40.7. The molecule has 12 nitrogen and oxygen atoms in total. The molecule has 0 radical (unpaired) electrons. The van der Waals surface area contributed by atoms with Gasteiger partial charge < -0.3 is 46.1 Å². The minimum Gasteiger partial charge on any atom is -0.490 e. The van der Waals surface area contributed by atoms with Crippen molar-refractivity contribution in [1.29, 1.82) is 0 Å². The van der Waals surface area contributed by atoms with Crippen molar-refractivity contribution >= 4 is 29.0 Å². The zero-order chi connectivity index (χ0) is 59.2. The van der Waals surface area contributed by atoms with Crippen LogP contribution in [0.15, 0.2) is 122 Å². The molecule has 8 N–H and O–H groups in total. The van der Waals surface area contributed by atoms with Crippen LogP contribution in [0, 0.1) is 0 Å². The summed E-state index contributed by atoms with van der Waals surface area (Å²) in [4.78, 5) is 21.4. The number of hydrogen-bond acceptors (Lipinski definition) is 12. The largest absolute Gasteiger partial charge is 0.490 e. The van der Waals surface area contributed by atoms with E-state index in [-0.39, 0.29) is 37.0 Å². The van der Waals surface area contributed by atoms with E-state index < -0.39 is 31.0 Å². The molecule has 0 bridgehead atoms. The van der Waals surface area contributed by atoms with Gasteiger partial charge in [0.25, 0.3) is 0 Å². The highest BCUT2D eigenvalue weighted by Gasteiger charge is 2.47. The van der Waals surface area contributed by atoms with Crippen molar-refractivity contribution in [3.8, 4) is 33.8 Å². The van der Waals surface area contributed by atoms with Gasteiger partial charge >= 0.3 is 0 Å². The number of hydrogen-bond donors (Lipinski definition) is 7. The summed E-state index contributed by atoms with van der Waals surface area (Å²) in [7, 11) is 0. The van der Waals surface area contributed by atoms with Crippen molar-refractivity contribution < 1.29 is 39.8 Å². The van der Waals surface area contributed by atoms with Gasteiger partial charge in [0.15, 0.2) is 0 Å². The van der Waals surface area contributed by atoms with Crippen LogP contribution in [0.25, 0.3) is 22.3 Å². The van der Waals surface area contributed by atoms with Crippen LogP contribution < -0.4 is 20.5 Å². The van der Waals surface area contributed by atoms with Gasteiger partial charge in [-0.25, -0.2) is 0 Å². The molecule has 4 aliphatic rings. The zero-order valence-corrected chi connectivity index (χ0v) is 50.6. The molecule has 6 atom stereocenters. The molecule has 0 aliphatic heterocycles. The van der Waals surface area contributed by atoms with Crippen LogP contribution in [-0.4, -0.2) is 91.1 Å². The molecule has 4 aromatic carbocycles. The Morgan fingerprint density at radius 1 is 0.635 bits per heavy atom. The third kappa shape index (κ3) is 18.0. The van der Waals surface area contributed by atoms with Crippen molar-refractivity contribution in [3.05, 3.63) is 165 Å². The number of halogens is 2. The van der Waals surface area contributed by atoms with Gasteiger partial charge in [-0.2, -0.15) is 0 Å². The Morgan fingerprint density at radius 3 is 1.72 bits per heavy atom. The number of carbonyl (C=O) groups excluding carboxylic acids is 1. The lowest BCUT2D eigenvalue weighted by Gasteiger charge is -2.25. The molecule has 14 heteroatoms. The lowest BCUT2D eigenvalue weighted by atomic mass is 9.84. The molecule has 4 fully saturated rings. The Morgan fingerprint density at radius 2 is 1.16 bits per heavy atom. The molecule has 0 unspecified atom stereocenters. The number of nitrogens with zero attached hydrogens (tertiary/aromatic N) is 2. The normalized spacial score (nSPS) is 17.7. The van der Waals surface area contributed by atoms with E-state index in [1.807, 2.05) is 36.8 Å². The number of aliphatic hydroxyl groups is 5. The zero-order valence-electron chi connectivity index (χ0n) is 49.1. The van der Waals surface area contributed by atoms with Crippen molar-refractivity contribution in [2.75, 3.05) is 13.2 Å². The Bertz CT molecular complexity index is 3090. The van der Waals surface area contributed by atoms with E-state index in [0.717, 1.165) is 160 Å². The maximum atomic E-state index is 12.3. The van der Waals surface area contributed by atoms with Crippen LogP contribution in [-0.2, 0) is 28.7 Å². The fourth-order valence-corrected chi connectivity index (χ4v) is 12.1. The second-order valence-electron chi connectivity index (χ2n) is 24.4. The lowest BCUT2D eigenvalue weighted by Crippen LogP contribution is -2.45. The van der Waals surface area contributed by atoms with Crippen LogP contribution >= 0.6 is 23.2 Å². The predicted octanol–water partition coefficient (Wildman–Crippen LogP) is 14.0. The van der Waals surface area contributed by atoms with Gasteiger partial charge in [-0.15, -0.1) is 0 Å². The molecule has 4 saturated carbocycles. The molecule has 2 heterocycles. The van der Waals surface area contributed by atoms with Crippen LogP contribution in [0.5, 0.6) is 11.5 Å². The first-order valence-corrected chi connectivity index (χ1v) is 31.7. The number of ketones is 1. The monoisotopic (exact) mass is 1200 g/mol. The highest BCUT2D eigenvalue weighted by molar-refractivity contribution is 6.31. The second kappa shape index (κ2) is 31.1. The van der Waals surface area contributed by atoms with Gasteiger partial charge in [-0.3, -0.25) is 14.8 Å². The standard InChI is InChI=1S/C40H52ClNO7.C30H36ClN3O.CH4/c1-26(7-3-2-4-8-29(44)12-16-35(45)38(47)39(48)36(46)25-43)27-11-15-34(41)28(23-27)17-19-40(20-21-40)33-24-42-22-18-31(33)32-9-5-6-10-37(32)49-30-13-14-30;1-21(6-4-5-16-32)22-9-12-28(31)23(18-22)19-34-30(14-15-30)27-20-33-17-13-25(27)26-7-2-3-8-29(26)35-24-10-11-24;/h5-6,9-11,15,18,22-24,26,30,35-36,38-39,43,45-48H,2-4,7-8,12-14,16-17,19-21,25H2,1H3;2-3,7-9,12-13,17-18,20-21,24,34H,4-6,10-11,14-16,19,32H2,1H3;1H4/t26-,35-,36+,38+,39+;21-;/m00./s1. The first kappa shape index (κ1) is 65.7. The molecule has 0 saturated heterocycles. The van der Waals surface area contributed by atoms with Crippen molar-refractivity contribution in [1.82, 2.24) is 15.3 Å². The average Bonchev–Trinajstić information content (AvgIpc) is 3.55. The molecule has 458 valence electrons. The number of Topliss-reactive ketones (excluding diaryl/α,β-unsaturated/α-hetero) is 1. The third-order valence-corrected chi connectivity index (χ3v) is 18.6. The molecular formula is C71H92Cl2N4O8. The molecule has 0 amide bonds. The van der Waals surface area contributed by atoms with Crippen LogP contribution in [0.3, 0.4) is 0 Å². The maximum absolute atomic E-state index is 12.3. The summed E-state index contributed by atoms with van der Waals surface area (Å²) < 4.78 is 12.5. The number of nitrogens with one attached hydrogen (secondary N) is 1. The topological polar surface area (TPSA) is 201 Å². The number of aliphatic hydroxyl groups excluding tert-OH is 5. The van der Waals surface area contributed by atoms with Crippen LogP contribution in [0.1, 0.15) is 188 Å². The van der Waals surface area contributed by atoms with E-state index in [2.05, 4.69) is 114 Å². The fourth-order valence-electron chi connectivity index (χ4n) is 11.7. The van der Waals surface area contributed by atoms with Crippen LogP contribution in [0.2, 0.25) is 10.0 Å². The Hall–Kier alpha value is -5.25. The first-order valence-electron chi connectivity index (χ1n) is 31.0. The Balaban J connectivity index is 0.000000230. The van der Waals surface area contributed by atoms with Gasteiger partial charge in [0.1, 0.15) is 35.6 Å². The number of nitrogens with two attached hydrogens (primary N) is 1. The van der Waals surface area contributed by atoms with Gasteiger partial charge in [-0.1, -0.05) is 124 Å². The summed E-state index contributed by atoms with van der Waals surface area (Å²) in [6.45, 7) is 5.29. The minimum absolute atomic E-state index is 0. The van der Waals surface area contributed by atoms with E-state index in [1.165, 1.54) is 38.9 Å². The second-order valence-corrected chi connectivity index (χ2v) is 25.3. The van der Waals surface area contributed by atoms with Gasteiger partial charge in [0.05, 0.1) is 24.9 Å². The van der Waals surface area contributed by atoms with Crippen molar-refractivity contribution in [2.24, 2.45) is 5.73 Å². The molecule has 4 aliphatic carbocycles. The molecule has 2 aromatic heterocycles. The molecule has 85 heavy (non-hydrogen) atoms. The molecule has 6 aromatic rings. The number of pyridine rings is 2. The average molecular weight is 1200 g/mol. The van der Waals surface area contributed by atoms with E-state index in [0.29, 0.717) is 30.5 Å². The van der Waals surface area contributed by atoms with Crippen molar-refractivity contribution in [2.45, 2.75) is 216 Å². The lowest BCUT2D eigenvalue weighted by molar-refractivity contribution is -0.125. The smallest absolute Gasteiger partial charge is 0.133 e. The summed E-state index contributed by atoms with van der Waals surface area (Å²) in [5.74, 6) is 2.77. The Kier molecular flexibility index (Phi) is 24.0. The number of rotatable bonds is 33. The summed E-state index contributed by atoms with van der Waals surface area (Å²) in [6.07, 6.45) is 20.7. The quantitative estimate of drug-likeness (QED) is 0.0193. The number of carbonyl (C=O) groups is 1. The van der Waals surface area contributed by atoms with Gasteiger partial charge in [0.2, 0.25) is 0 Å². The van der Waals surface area contributed by atoms with E-state index in [4.69, 9.17) is 43.5 Å². The van der Waals surface area contributed by atoms with E-state index in [9.17, 15) is 25.2 Å². The fraction of sp³-hybridized carbons (Fsp3) is 0.507. The summed E-state index contributed by atoms with van der Waals surface area (Å²) in [5.41, 5.74) is 17.9. The summed E-state index contributed by atoms with van der Waals surface area (Å²) >= 11 is 13.4. The highest BCUT2D eigenvalue weighted by Crippen LogP contribution is 2.55. The van der Waals surface area contributed by atoms with Gasteiger partial charge in [-0.05, 0) is 201 Å². The minimum atomic E-state index is -1.68. The highest BCUT2D eigenvalue weighted by atomic mass is 35.5. The molecular weight excluding hydrogens is 1110 g/mol. The predicted molar refractivity (Wildman–Crippen MR) is 341 cm³/mol. The van der Waals surface area contributed by atoms with E-state index >= 15 is 0 Å². The van der Waals surface area contributed by atoms with Gasteiger partial charge in [0, 0.05) is 70.9 Å². The summed E-state index contributed by atoms with van der Waals surface area (Å²) in [5, 5.41) is 53.5. The number of benzene rings is 4. The number of aryl methyl sites for hydroxylation is 1. The number of aromatic nitrogens is 2. The molecule has 0 spiro atoms. The van der Waals surface area contributed by atoms with E-state index in [1.54, 1.807) is 0 Å². The molecule has 10 rings (SSSR count). The number of ether oxygens (including phenoxy) is 2. The number of para-hydroxylation sites is 2. The SMILES string of the molecule is C.C[C@@H](CCCCCC(=O)CC[C@H](O)[C@@H](O)[C@H](O)[C@H](O)CO)c1ccc(Cl)c(CCC2(c3cnccc3-c3ccccc3OC3CC3)CC2)c1.C[C@@H](CCCCN)c1ccc(Cl)c(CNC2(c3cnccc3-c3ccccc3OC3CC3)CC2)c1. The third-order valence-electron chi connectivity index (χ3n) is 17.8. The van der Waals surface area contributed by atoms with Crippen LogP contribution in [0.4, 0.5) is 0 Å². The maximum Gasteiger partial charge on any atom is 0.133 e.